The summed E-state index contributed by atoms with van der Waals surface area (Å²) >= 11 is 6.45. The minimum atomic E-state index is -0.511. The molecule has 0 radical (unpaired) electrons. The van der Waals surface area contributed by atoms with Crippen molar-refractivity contribution < 1.29 is 4.39 Å². The summed E-state index contributed by atoms with van der Waals surface area (Å²) in [5.74, 6) is 0.568. The second-order valence-corrected chi connectivity index (χ2v) is 6.64. The normalized spacial score (nSPS) is 15.0. The molecule has 2 aromatic heterocycles. The smallest absolute Gasteiger partial charge is 0.255 e. The maximum Gasteiger partial charge on any atom is 0.255 e. The van der Waals surface area contributed by atoms with E-state index in [1.807, 2.05) is 6.07 Å². The lowest BCUT2D eigenvalue weighted by molar-refractivity contribution is 0.630. The minimum absolute atomic E-state index is 0.174. The molecule has 1 aliphatic rings. The second-order valence-electron chi connectivity index (χ2n) is 6.28. The Morgan fingerprint density at radius 1 is 1.15 bits per heavy atom. The van der Waals surface area contributed by atoms with Crippen molar-refractivity contribution in [2.45, 2.75) is 25.7 Å². The molecule has 0 aliphatic carbocycles. The fraction of sp³-hybridized carbons (Fsp3) is 0.333. The molecule has 0 spiro atoms. The van der Waals surface area contributed by atoms with Crippen LogP contribution in [0.4, 0.5) is 10.2 Å². The number of fused-ring (bicyclic) bond motifs is 1. The van der Waals surface area contributed by atoms with E-state index < -0.39 is 5.82 Å². The van der Waals surface area contributed by atoms with E-state index in [1.165, 1.54) is 12.4 Å². The number of anilines is 1. The van der Waals surface area contributed by atoms with Gasteiger partial charge in [-0.1, -0.05) is 24.4 Å². The highest BCUT2D eigenvalue weighted by molar-refractivity contribution is 6.33. The summed E-state index contributed by atoms with van der Waals surface area (Å²) in [6, 6.07) is 6.30. The van der Waals surface area contributed by atoms with E-state index in [0.29, 0.717) is 22.7 Å². The van der Waals surface area contributed by atoms with Gasteiger partial charge in [0.2, 0.25) is 0 Å². The zero-order chi connectivity index (χ0) is 18.1. The zero-order valence-corrected chi connectivity index (χ0v) is 14.7. The van der Waals surface area contributed by atoms with E-state index in [-0.39, 0.29) is 10.7 Å². The molecule has 6 nitrogen and oxygen atoms in total. The molecule has 0 saturated carbocycles. The Morgan fingerprint density at radius 3 is 2.62 bits per heavy atom. The number of hydrogen-bond donors (Lipinski definition) is 0. The third-order valence-corrected chi connectivity index (χ3v) is 4.91. The van der Waals surface area contributed by atoms with E-state index in [2.05, 4.69) is 20.0 Å². The molecule has 132 valence electrons. The van der Waals surface area contributed by atoms with Crippen molar-refractivity contribution in [1.29, 1.82) is 5.26 Å². The Morgan fingerprint density at radius 2 is 1.92 bits per heavy atom. The molecule has 26 heavy (non-hydrogen) atoms. The van der Waals surface area contributed by atoms with Gasteiger partial charge in [0.25, 0.3) is 5.78 Å². The van der Waals surface area contributed by atoms with Crippen molar-refractivity contribution in [3.05, 3.63) is 41.1 Å². The molecule has 4 rings (SSSR count). The van der Waals surface area contributed by atoms with Gasteiger partial charge in [0.1, 0.15) is 23.1 Å². The van der Waals surface area contributed by atoms with Crippen LogP contribution in [0.3, 0.4) is 0 Å². The average Bonchev–Trinajstić information content (AvgIpc) is 2.93. The van der Waals surface area contributed by atoms with Crippen LogP contribution in [0.15, 0.2) is 24.5 Å². The van der Waals surface area contributed by atoms with Gasteiger partial charge in [-0.25, -0.2) is 4.39 Å². The third-order valence-electron chi connectivity index (χ3n) is 4.63. The number of halogens is 2. The summed E-state index contributed by atoms with van der Waals surface area (Å²) in [6.45, 7) is 1.67. The van der Waals surface area contributed by atoms with Crippen LogP contribution in [0.25, 0.3) is 16.9 Å². The molecule has 3 aromatic rings. The number of nitriles is 1. The lowest BCUT2D eigenvalue weighted by atomic mass is 10.0. The van der Waals surface area contributed by atoms with Crippen LogP contribution in [0.2, 0.25) is 5.15 Å². The molecule has 1 saturated heterocycles. The summed E-state index contributed by atoms with van der Waals surface area (Å²) in [4.78, 5) is 10.6. The number of nitrogens with zero attached hydrogens (tertiary/aromatic N) is 6. The molecule has 0 amide bonds. The molecule has 0 N–H and O–H groups in total. The van der Waals surface area contributed by atoms with E-state index in [1.54, 1.807) is 16.6 Å². The molecular formula is C18H16ClFN6. The quantitative estimate of drug-likeness (QED) is 0.641. The van der Waals surface area contributed by atoms with Crippen molar-refractivity contribution in [1.82, 2.24) is 19.6 Å². The van der Waals surface area contributed by atoms with Gasteiger partial charge in [-0.15, -0.1) is 0 Å². The van der Waals surface area contributed by atoms with Crippen molar-refractivity contribution in [3.63, 3.8) is 0 Å². The number of aromatic nitrogens is 4. The third kappa shape index (κ3) is 2.86. The Balaban J connectivity index is 1.97. The minimum Gasteiger partial charge on any atom is -0.356 e. The van der Waals surface area contributed by atoms with Gasteiger partial charge in [-0.2, -0.15) is 24.8 Å². The van der Waals surface area contributed by atoms with Gasteiger partial charge in [-0.05, 0) is 31.0 Å². The standard InChI is InChI=1S/C18H16ClFN6/c19-16-15(13-6-5-12(10-21)9-14(13)20)17(25-7-3-1-2-4-8-25)26-18(24-16)22-11-23-26/h5-6,9,11H,1-4,7-8H2. The number of rotatable bonds is 2. The molecule has 0 bridgehead atoms. The fourth-order valence-corrected chi connectivity index (χ4v) is 3.66. The van der Waals surface area contributed by atoms with E-state index in [0.717, 1.165) is 38.8 Å². The molecule has 1 fully saturated rings. The molecule has 3 heterocycles. The molecule has 8 heteroatoms. The Bertz CT molecular complexity index is 1000. The maximum atomic E-state index is 14.8. The van der Waals surface area contributed by atoms with Crippen LogP contribution in [0.5, 0.6) is 0 Å². The van der Waals surface area contributed by atoms with E-state index in [4.69, 9.17) is 16.9 Å². The topological polar surface area (TPSA) is 70.1 Å². The van der Waals surface area contributed by atoms with Gasteiger partial charge >= 0.3 is 0 Å². The first kappa shape index (κ1) is 16.7. The van der Waals surface area contributed by atoms with E-state index in [9.17, 15) is 4.39 Å². The lowest BCUT2D eigenvalue weighted by Gasteiger charge is -2.26. The molecule has 0 unspecified atom stereocenters. The summed E-state index contributed by atoms with van der Waals surface area (Å²) in [6.07, 6.45) is 5.84. The van der Waals surface area contributed by atoms with Gasteiger partial charge < -0.3 is 4.90 Å². The zero-order valence-electron chi connectivity index (χ0n) is 14.0. The first-order valence-electron chi connectivity index (χ1n) is 8.53. The molecule has 1 aromatic carbocycles. The number of benzene rings is 1. The summed E-state index contributed by atoms with van der Waals surface area (Å²) < 4.78 is 16.4. The summed E-state index contributed by atoms with van der Waals surface area (Å²) in [5, 5.41) is 13.5. The lowest BCUT2D eigenvalue weighted by Crippen LogP contribution is -2.27. The van der Waals surface area contributed by atoms with Crippen LogP contribution < -0.4 is 4.90 Å². The fourth-order valence-electron chi connectivity index (χ4n) is 3.40. The molecule has 1 aliphatic heterocycles. The highest BCUT2D eigenvalue weighted by Gasteiger charge is 2.25. The average molecular weight is 371 g/mol. The summed E-state index contributed by atoms with van der Waals surface area (Å²) in [7, 11) is 0. The van der Waals surface area contributed by atoms with Crippen LogP contribution in [-0.2, 0) is 0 Å². The van der Waals surface area contributed by atoms with Gasteiger partial charge in [0, 0.05) is 18.7 Å². The Hall–Kier alpha value is -2.72. The summed E-state index contributed by atoms with van der Waals surface area (Å²) in [5.41, 5.74) is 1.04. The second kappa shape index (κ2) is 6.89. The predicted molar refractivity (Wildman–Crippen MR) is 96.6 cm³/mol. The van der Waals surface area contributed by atoms with Gasteiger partial charge in [-0.3, -0.25) is 0 Å². The molecular weight excluding hydrogens is 355 g/mol. The predicted octanol–water partition coefficient (Wildman–Crippen LogP) is 3.84. The van der Waals surface area contributed by atoms with Gasteiger partial charge in [0.05, 0.1) is 17.2 Å². The van der Waals surface area contributed by atoms with Crippen molar-refractivity contribution in [3.8, 4) is 17.2 Å². The van der Waals surface area contributed by atoms with Crippen LogP contribution >= 0.6 is 11.6 Å². The first-order valence-corrected chi connectivity index (χ1v) is 8.91. The van der Waals surface area contributed by atoms with Crippen LogP contribution in [0.1, 0.15) is 31.2 Å². The Labute approximate surface area is 154 Å². The Kier molecular flexibility index (Phi) is 4.43. The maximum absolute atomic E-state index is 14.8. The van der Waals surface area contributed by atoms with Crippen molar-refractivity contribution in [2.75, 3.05) is 18.0 Å². The largest absolute Gasteiger partial charge is 0.356 e. The van der Waals surface area contributed by atoms with Crippen LogP contribution in [-0.4, -0.2) is 32.7 Å². The van der Waals surface area contributed by atoms with Gasteiger partial charge in [0.15, 0.2) is 0 Å². The van der Waals surface area contributed by atoms with Crippen LogP contribution in [0, 0.1) is 17.1 Å². The van der Waals surface area contributed by atoms with Crippen molar-refractivity contribution in [2.24, 2.45) is 0 Å². The monoisotopic (exact) mass is 370 g/mol. The first-order chi connectivity index (χ1) is 12.7. The van der Waals surface area contributed by atoms with Crippen molar-refractivity contribution >= 4 is 23.2 Å². The molecule has 0 atom stereocenters. The SMILES string of the molecule is N#Cc1ccc(-c2c(Cl)nc3ncnn3c2N2CCCCCC2)c(F)c1. The van der Waals surface area contributed by atoms with E-state index >= 15 is 0 Å². The number of hydrogen-bond acceptors (Lipinski definition) is 5. The highest BCUT2D eigenvalue weighted by atomic mass is 35.5. The highest BCUT2D eigenvalue weighted by Crippen LogP contribution is 2.38.